The van der Waals surface area contributed by atoms with Crippen molar-refractivity contribution in [2.75, 3.05) is 4.90 Å². The lowest BCUT2D eigenvalue weighted by atomic mass is 9.69. The van der Waals surface area contributed by atoms with Crippen molar-refractivity contribution in [3.05, 3.63) is 149 Å². The second kappa shape index (κ2) is 8.46. The molecule has 38 heavy (non-hydrogen) atoms. The molecule has 5 aromatic carbocycles. The topological polar surface area (TPSA) is 3.24 Å². The van der Waals surface area contributed by atoms with Crippen molar-refractivity contribution in [1.29, 1.82) is 0 Å². The van der Waals surface area contributed by atoms with Crippen LogP contribution >= 0.6 is 0 Å². The number of aryl methyl sites for hydroxylation is 1. The summed E-state index contributed by atoms with van der Waals surface area (Å²) in [6.07, 6.45) is 0. The summed E-state index contributed by atoms with van der Waals surface area (Å²) in [5.74, 6) is 0.682. The van der Waals surface area contributed by atoms with Crippen LogP contribution in [0.2, 0.25) is 0 Å². The Morgan fingerprint density at radius 2 is 1.13 bits per heavy atom. The number of anilines is 3. The van der Waals surface area contributed by atoms with Gasteiger partial charge in [0.2, 0.25) is 0 Å². The summed E-state index contributed by atoms with van der Waals surface area (Å²) < 4.78 is 0. The summed E-state index contributed by atoms with van der Waals surface area (Å²) in [5.41, 5.74) is 14.7. The van der Waals surface area contributed by atoms with E-state index in [0.29, 0.717) is 11.8 Å². The molecule has 1 heteroatoms. The van der Waals surface area contributed by atoms with Crippen molar-refractivity contribution in [2.45, 2.75) is 44.9 Å². The molecule has 0 spiro atoms. The molecule has 0 saturated heterocycles. The van der Waals surface area contributed by atoms with Crippen molar-refractivity contribution in [3.8, 4) is 11.1 Å². The summed E-state index contributed by atoms with van der Waals surface area (Å²) >= 11 is 0. The van der Waals surface area contributed by atoms with Crippen LogP contribution in [0.5, 0.6) is 0 Å². The molecule has 1 aliphatic heterocycles. The van der Waals surface area contributed by atoms with Crippen molar-refractivity contribution < 1.29 is 0 Å². The summed E-state index contributed by atoms with van der Waals surface area (Å²) in [6, 6.07) is 43.0. The average Bonchev–Trinajstić information content (AvgIpc) is 2.93. The van der Waals surface area contributed by atoms with Crippen molar-refractivity contribution >= 4 is 17.1 Å². The molecule has 0 amide bonds. The number of hydrogen-bond acceptors (Lipinski definition) is 1. The summed E-state index contributed by atoms with van der Waals surface area (Å²) in [6.45, 7) is 9.34. The number of hydrogen-bond donors (Lipinski definition) is 0. The van der Waals surface area contributed by atoms with E-state index in [1.54, 1.807) is 0 Å². The molecule has 0 radical (unpaired) electrons. The molecule has 2 atom stereocenters. The van der Waals surface area contributed by atoms with Gasteiger partial charge in [0, 0.05) is 17.0 Å². The lowest BCUT2D eigenvalue weighted by molar-refractivity contribution is 0.631. The van der Waals surface area contributed by atoms with Crippen LogP contribution in [0.4, 0.5) is 17.1 Å². The van der Waals surface area contributed by atoms with Crippen molar-refractivity contribution in [3.63, 3.8) is 0 Å². The highest BCUT2D eigenvalue weighted by atomic mass is 15.2. The molecule has 1 nitrogen and oxygen atoms in total. The molecule has 0 saturated carbocycles. The summed E-state index contributed by atoms with van der Waals surface area (Å²) in [7, 11) is 0. The first-order valence-electron chi connectivity index (χ1n) is 13.7. The molecule has 0 bridgehead atoms. The minimum absolute atomic E-state index is 0.0587. The standard InChI is InChI=1S/C37H33N/c1-24-21-26(36-25(2)28-13-5-6-14-29(28)30-15-7-8-16-31(30)36)23-27(22-24)38-34-19-11-9-17-32(34)37(3,4)33-18-10-12-20-35(33)38/h5-23,25,36H,1-4H3. The SMILES string of the molecule is Cc1cc(C2c3ccccc3-c3ccccc3C2C)cc(N2c3ccccc3C(C)(C)c3ccccc32)c1. The monoisotopic (exact) mass is 491 g/mol. The highest BCUT2D eigenvalue weighted by Crippen LogP contribution is 2.54. The summed E-state index contributed by atoms with van der Waals surface area (Å²) in [5, 5.41) is 0. The maximum Gasteiger partial charge on any atom is 0.0502 e. The predicted molar refractivity (Wildman–Crippen MR) is 160 cm³/mol. The molecule has 1 heterocycles. The lowest BCUT2D eigenvalue weighted by Gasteiger charge is -2.42. The van der Waals surface area contributed by atoms with Crippen molar-refractivity contribution in [1.82, 2.24) is 0 Å². The Balaban J connectivity index is 1.44. The molecule has 5 aromatic rings. The van der Waals surface area contributed by atoms with E-state index in [4.69, 9.17) is 0 Å². The van der Waals surface area contributed by atoms with Gasteiger partial charge < -0.3 is 4.90 Å². The smallest absolute Gasteiger partial charge is 0.0502 e. The van der Waals surface area contributed by atoms with Crippen LogP contribution < -0.4 is 4.90 Å². The van der Waals surface area contributed by atoms with Gasteiger partial charge in [0.25, 0.3) is 0 Å². The molecule has 2 aliphatic rings. The normalized spacial score (nSPS) is 18.7. The minimum Gasteiger partial charge on any atom is -0.310 e. The van der Waals surface area contributed by atoms with Gasteiger partial charge in [0.15, 0.2) is 0 Å². The highest BCUT2D eigenvalue weighted by Gasteiger charge is 2.37. The van der Waals surface area contributed by atoms with E-state index in [0.717, 1.165) is 0 Å². The zero-order chi connectivity index (χ0) is 26.0. The van der Waals surface area contributed by atoms with Crippen LogP contribution in [0.15, 0.2) is 115 Å². The zero-order valence-electron chi connectivity index (χ0n) is 22.6. The number of nitrogens with zero attached hydrogens (tertiary/aromatic N) is 1. The van der Waals surface area contributed by atoms with Crippen LogP contribution in [-0.4, -0.2) is 0 Å². The maximum absolute atomic E-state index is 2.49. The van der Waals surface area contributed by atoms with Crippen molar-refractivity contribution in [2.24, 2.45) is 0 Å². The zero-order valence-corrected chi connectivity index (χ0v) is 22.6. The minimum atomic E-state index is -0.0587. The Bertz CT molecular complexity index is 1640. The Morgan fingerprint density at radius 3 is 1.79 bits per heavy atom. The van der Waals surface area contributed by atoms with E-state index < -0.39 is 0 Å². The van der Waals surface area contributed by atoms with Gasteiger partial charge in [-0.2, -0.15) is 0 Å². The predicted octanol–water partition coefficient (Wildman–Crippen LogP) is 10.0. The Labute approximate surface area is 226 Å². The molecule has 0 aromatic heterocycles. The second-order valence-electron chi connectivity index (χ2n) is 11.5. The van der Waals surface area contributed by atoms with Crippen LogP contribution in [-0.2, 0) is 5.41 Å². The molecule has 186 valence electrons. The van der Waals surface area contributed by atoms with E-state index in [1.807, 2.05) is 0 Å². The van der Waals surface area contributed by atoms with E-state index in [9.17, 15) is 0 Å². The number of benzene rings is 5. The Hall–Kier alpha value is -4.10. The first-order chi connectivity index (χ1) is 18.4. The molecule has 0 N–H and O–H groups in total. The van der Waals surface area contributed by atoms with E-state index in [1.165, 1.54) is 61.6 Å². The molecular weight excluding hydrogens is 458 g/mol. The van der Waals surface area contributed by atoms with Gasteiger partial charge in [-0.25, -0.2) is 0 Å². The molecule has 1 aliphatic carbocycles. The third kappa shape index (κ3) is 3.31. The van der Waals surface area contributed by atoms with Gasteiger partial charge >= 0.3 is 0 Å². The third-order valence-electron chi connectivity index (χ3n) is 8.88. The Kier molecular flexibility index (Phi) is 5.13. The van der Waals surface area contributed by atoms with Gasteiger partial charge in [-0.1, -0.05) is 112 Å². The number of rotatable bonds is 2. The third-order valence-corrected chi connectivity index (χ3v) is 8.88. The Morgan fingerprint density at radius 1 is 0.605 bits per heavy atom. The second-order valence-corrected chi connectivity index (χ2v) is 11.5. The van der Waals surface area contributed by atoms with Crippen LogP contribution in [0.3, 0.4) is 0 Å². The van der Waals surface area contributed by atoms with Gasteiger partial charge in [0.05, 0.1) is 11.4 Å². The number of para-hydroxylation sites is 2. The van der Waals surface area contributed by atoms with Crippen LogP contribution in [0.1, 0.15) is 66.0 Å². The maximum atomic E-state index is 2.49. The van der Waals surface area contributed by atoms with Crippen LogP contribution in [0, 0.1) is 6.92 Å². The van der Waals surface area contributed by atoms with Gasteiger partial charge in [-0.15, -0.1) is 0 Å². The fourth-order valence-corrected chi connectivity index (χ4v) is 7.12. The molecular formula is C37H33N. The van der Waals surface area contributed by atoms with E-state index >= 15 is 0 Å². The fourth-order valence-electron chi connectivity index (χ4n) is 7.12. The number of fused-ring (bicyclic) bond motifs is 5. The van der Waals surface area contributed by atoms with E-state index in [2.05, 4.69) is 148 Å². The molecule has 7 rings (SSSR count). The first-order valence-corrected chi connectivity index (χ1v) is 13.7. The first kappa shape index (κ1) is 23.0. The molecule has 0 fully saturated rings. The van der Waals surface area contributed by atoms with Gasteiger partial charge in [-0.05, 0) is 81.6 Å². The van der Waals surface area contributed by atoms with Gasteiger partial charge in [-0.3, -0.25) is 0 Å². The lowest BCUT2D eigenvalue weighted by Crippen LogP contribution is -2.30. The van der Waals surface area contributed by atoms with Crippen LogP contribution in [0.25, 0.3) is 11.1 Å². The quantitative estimate of drug-likeness (QED) is 0.237. The molecule has 2 unspecified atom stereocenters. The largest absolute Gasteiger partial charge is 0.310 e. The summed E-state index contributed by atoms with van der Waals surface area (Å²) in [4.78, 5) is 2.49. The average molecular weight is 492 g/mol. The fraction of sp³-hybridized carbons (Fsp3) is 0.189. The highest BCUT2D eigenvalue weighted by molar-refractivity contribution is 5.86. The van der Waals surface area contributed by atoms with Gasteiger partial charge in [0.1, 0.15) is 0 Å². The van der Waals surface area contributed by atoms with E-state index in [-0.39, 0.29) is 5.41 Å².